The fraction of sp³-hybridized carbons (Fsp3) is 0.667. The van der Waals surface area contributed by atoms with Crippen LogP contribution >= 0.6 is 0 Å². The van der Waals surface area contributed by atoms with Crippen molar-refractivity contribution in [3.63, 3.8) is 0 Å². The molecule has 4 bridgehead atoms. The summed E-state index contributed by atoms with van der Waals surface area (Å²) in [6, 6.07) is 5.21. The third kappa shape index (κ3) is 2.65. The van der Waals surface area contributed by atoms with Gasteiger partial charge in [0.05, 0.1) is 11.1 Å². The number of anilines is 2. The summed E-state index contributed by atoms with van der Waals surface area (Å²) in [6.07, 6.45) is 9.36. The van der Waals surface area contributed by atoms with Gasteiger partial charge in [-0.05, 0) is 87.3 Å². The molecule has 6 rings (SSSR count). The van der Waals surface area contributed by atoms with Gasteiger partial charge in [0.25, 0.3) is 0 Å². The molecule has 5 aliphatic rings. The molecule has 0 radical (unpaired) electrons. The first-order valence-electron chi connectivity index (χ1n) is 9.97. The Morgan fingerprint density at radius 3 is 2.20 bits per heavy atom. The lowest BCUT2D eigenvalue weighted by Crippen LogP contribution is -2.51. The van der Waals surface area contributed by atoms with E-state index >= 15 is 0 Å². The van der Waals surface area contributed by atoms with Crippen LogP contribution in [0, 0.1) is 29.0 Å². The zero-order chi connectivity index (χ0) is 17.0. The SMILES string of the molecule is O=C(Nc1ccc(N2CCCC2)c(F)c1)C12CC3CC(CC(C3)C1)C2. The van der Waals surface area contributed by atoms with E-state index in [2.05, 4.69) is 10.2 Å². The molecule has 1 aromatic rings. The van der Waals surface area contributed by atoms with Gasteiger partial charge in [0.15, 0.2) is 0 Å². The van der Waals surface area contributed by atoms with E-state index in [-0.39, 0.29) is 17.1 Å². The molecule has 1 heterocycles. The maximum absolute atomic E-state index is 14.5. The van der Waals surface area contributed by atoms with Crippen molar-refractivity contribution in [3.05, 3.63) is 24.0 Å². The second-order valence-electron chi connectivity index (χ2n) is 9.01. The normalized spacial score (nSPS) is 36.0. The van der Waals surface area contributed by atoms with E-state index in [4.69, 9.17) is 0 Å². The van der Waals surface area contributed by atoms with E-state index in [0.29, 0.717) is 11.4 Å². The number of amides is 1. The summed E-state index contributed by atoms with van der Waals surface area (Å²) in [4.78, 5) is 15.2. The molecule has 0 unspecified atom stereocenters. The molecule has 4 aliphatic carbocycles. The maximum Gasteiger partial charge on any atom is 0.230 e. The third-order valence-corrected chi connectivity index (χ3v) is 7.17. The van der Waals surface area contributed by atoms with E-state index in [1.165, 1.54) is 25.3 Å². The predicted octanol–water partition coefficient (Wildman–Crippen LogP) is 4.58. The number of nitrogens with one attached hydrogen (secondary N) is 1. The number of hydrogen-bond donors (Lipinski definition) is 1. The Hall–Kier alpha value is -1.58. The molecule has 1 amide bonds. The Kier molecular flexibility index (Phi) is 3.58. The topological polar surface area (TPSA) is 32.3 Å². The van der Waals surface area contributed by atoms with Crippen LogP contribution in [0.2, 0.25) is 0 Å². The van der Waals surface area contributed by atoms with Gasteiger partial charge in [-0.1, -0.05) is 0 Å². The molecule has 5 fully saturated rings. The molecule has 1 aliphatic heterocycles. The van der Waals surface area contributed by atoms with E-state index in [1.54, 1.807) is 0 Å². The number of hydrogen-bond acceptors (Lipinski definition) is 2. The highest BCUT2D eigenvalue weighted by Crippen LogP contribution is 2.60. The molecule has 4 saturated carbocycles. The van der Waals surface area contributed by atoms with Crippen LogP contribution in [0.3, 0.4) is 0 Å². The minimum absolute atomic E-state index is 0.139. The Labute approximate surface area is 149 Å². The fourth-order valence-electron chi connectivity index (χ4n) is 6.45. The summed E-state index contributed by atoms with van der Waals surface area (Å²) in [6.45, 7) is 1.85. The van der Waals surface area contributed by atoms with E-state index in [9.17, 15) is 9.18 Å². The summed E-state index contributed by atoms with van der Waals surface area (Å²) >= 11 is 0. The van der Waals surface area contributed by atoms with Gasteiger partial charge in [-0.3, -0.25) is 4.79 Å². The standard InChI is InChI=1S/C21H27FN2O/c22-18-10-17(3-4-19(18)24-5-1-2-6-24)23-20(25)21-11-14-7-15(12-21)9-16(8-14)13-21/h3-4,10,14-16H,1-2,5-9,11-13H2,(H,23,25). The molecular formula is C21H27FN2O. The lowest BCUT2D eigenvalue weighted by Gasteiger charge is -2.55. The molecule has 0 spiro atoms. The second kappa shape index (κ2) is 5.72. The Bertz CT molecular complexity index is 660. The van der Waals surface area contributed by atoms with Crippen LogP contribution in [0.5, 0.6) is 0 Å². The predicted molar refractivity (Wildman–Crippen MR) is 97.1 cm³/mol. The zero-order valence-corrected chi connectivity index (χ0v) is 14.8. The fourth-order valence-corrected chi connectivity index (χ4v) is 6.45. The molecule has 1 N–H and O–H groups in total. The molecule has 4 heteroatoms. The number of carbonyl (C=O) groups excluding carboxylic acids is 1. The minimum Gasteiger partial charge on any atom is -0.369 e. The Balaban J connectivity index is 1.33. The van der Waals surface area contributed by atoms with Crippen molar-refractivity contribution in [2.75, 3.05) is 23.3 Å². The highest BCUT2D eigenvalue weighted by Gasteiger charge is 2.54. The van der Waals surface area contributed by atoms with E-state index in [0.717, 1.165) is 62.9 Å². The van der Waals surface area contributed by atoms with Crippen molar-refractivity contribution in [1.29, 1.82) is 0 Å². The number of nitrogens with zero attached hydrogens (tertiary/aromatic N) is 1. The van der Waals surface area contributed by atoms with Crippen molar-refractivity contribution >= 4 is 17.3 Å². The van der Waals surface area contributed by atoms with Gasteiger partial charge in [0.2, 0.25) is 5.91 Å². The second-order valence-corrected chi connectivity index (χ2v) is 9.01. The molecule has 1 saturated heterocycles. The average Bonchev–Trinajstić information content (AvgIpc) is 3.08. The number of halogens is 1. The number of benzene rings is 1. The van der Waals surface area contributed by atoms with Crippen LogP contribution in [0.1, 0.15) is 51.4 Å². The highest BCUT2D eigenvalue weighted by molar-refractivity contribution is 5.95. The largest absolute Gasteiger partial charge is 0.369 e. The maximum atomic E-state index is 14.5. The number of rotatable bonds is 3. The van der Waals surface area contributed by atoms with Gasteiger partial charge in [0, 0.05) is 18.8 Å². The van der Waals surface area contributed by atoms with Crippen molar-refractivity contribution in [1.82, 2.24) is 0 Å². The first kappa shape index (κ1) is 15.7. The number of carbonyl (C=O) groups is 1. The van der Waals surface area contributed by atoms with Gasteiger partial charge in [-0.25, -0.2) is 4.39 Å². The molecule has 3 nitrogen and oxygen atoms in total. The van der Waals surface area contributed by atoms with Gasteiger partial charge >= 0.3 is 0 Å². The van der Waals surface area contributed by atoms with Crippen LogP contribution in [0.4, 0.5) is 15.8 Å². The third-order valence-electron chi connectivity index (χ3n) is 7.17. The van der Waals surface area contributed by atoms with Crippen LogP contribution < -0.4 is 10.2 Å². The minimum atomic E-state index is -0.217. The molecule has 134 valence electrons. The van der Waals surface area contributed by atoms with E-state index in [1.807, 2.05) is 12.1 Å². The quantitative estimate of drug-likeness (QED) is 0.872. The summed E-state index contributed by atoms with van der Waals surface area (Å²) < 4.78 is 14.5. The van der Waals surface area contributed by atoms with Gasteiger partial charge in [-0.2, -0.15) is 0 Å². The Morgan fingerprint density at radius 1 is 1.04 bits per heavy atom. The summed E-state index contributed by atoms with van der Waals surface area (Å²) in [7, 11) is 0. The van der Waals surface area contributed by atoms with Crippen molar-refractivity contribution < 1.29 is 9.18 Å². The average molecular weight is 342 g/mol. The van der Waals surface area contributed by atoms with Crippen LogP contribution in [0.15, 0.2) is 18.2 Å². The molecule has 0 aromatic heterocycles. The van der Waals surface area contributed by atoms with Gasteiger partial charge in [-0.15, -0.1) is 0 Å². The van der Waals surface area contributed by atoms with Crippen LogP contribution in [-0.2, 0) is 4.79 Å². The molecular weight excluding hydrogens is 315 g/mol. The van der Waals surface area contributed by atoms with Crippen molar-refractivity contribution in [2.24, 2.45) is 23.2 Å². The van der Waals surface area contributed by atoms with Crippen LogP contribution in [0.25, 0.3) is 0 Å². The monoisotopic (exact) mass is 342 g/mol. The summed E-state index contributed by atoms with van der Waals surface area (Å²) in [5.41, 5.74) is 1.10. The Morgan fingerprint density at radius 2 is 1.64 bits per heavy atom. The molecule has 0 atom stereocenters. The molecule has 1 aromatic carbocycles. The lowest BCUT2D eigenvalue weighted by atomic mass is 9.49. The summed E-state index contributed by atoms with van der Waals surface area (Å²) in [5.74, 6) is 2.15. The smallest absolute Gasteiger partial charge is 0.230 e. The zero-order valence-electron chi connectivity index (χ0n) is 14.8. The van der Waals surface area contributed by atoms with Gasteiger partial charge < -0.3 is 10.2 Å². The lowest BCUT2D eigenvalue weighted by molar-refractivity contribution is -0.140. The van der Waals surface area contributed by atoms with Crippen molar-refractivity contribution in [2.45, 2.75) is 51.4 Å². The van der Waals surface area contributed by atoms with E-state index < -0.39 is 0 Å². The van der Waals surface area contributed by atoms with Gasteiger partial charge in [0.1, 0.15) is 5.82 Å². The van der Waals surface area contributed by atoms with Crippen molar-refractivity contribution in [3.8, 4) is 0 Å². The first-order valence-corrected chi connectivity index (χ1v) is 9.97. The highest BCUT2D eigenvalue weighted by atomic mass is 19.1. The van der Waals surface area contributed by atoms with Crippen LogP contribution in [-0.4, -0.2) is 19.0 Å². The molecule has 25 heavy (non-hydrogen) atoms. The summed E-state index contributed by atoms with van der Waals surface area (Å²) in [5, 5.41) is 3.06. The first-order chi connectivity index (χ1) is 12.1.